The predicted molar refractivity (Wildman–Crippen MR) is 82.4 cm³/mol. The smallest absolute Gasteiger partial charge is 0.131 e. The van der Waals surface area contributed by atoms with E-state index in [1.54, 1.807) is 6.33 Å². The van der Waals surface area contributed by atoms with Crippen molar-refractivity contribution in [3.05, 3.63) is 46.7 Å². The maximum absolute atomic E-state index is 4.24. The van der Waals surface area contributed by atoms with Crippen molar-refractivity contribution in [2.75, 3.05) is 17.2 Å². The van der Waals surface area contributed by atoms with Crippen LogP contribution in [-0.4, -0.2) is 16.5 Å². The van der Waals surface area contributed by atoms with Crippen LogP contribution in [0.5, 0.6) is 0 Å². The molecule has 4 nitrogen and oxygen atoms in total. The highest BCUT2D eigenvalue weighted by Crippen LogP contribution is 2.21. The monoisotopic (exact) mass is 320 g/mol. The Bertz CT molecular complexity index is 544. The standard InChI is InChI=1S/C14H17BrN4/c1-3-16-13-8-14(18-9-17-13)19-10(2)11-5-4-6-12(15)7-11/h4-10H,3H2,1-2H3,(H2,16,17,18,19). The quantitative estimate of drug-likeness (QED) is 0.878. The molecule has 0 spiro atoms. The van der Waals surface area contributed by atoms with E-state index >= 15 is 0 Å². The van der Waals surface area contributed by atoms with E-state index in [-0.39, 0.29) is 6.04 Å². The van der Waals surface area contributed by atoms with Crippen molar-refractivity contribution in [2.45, 2.75) is 19.9 Å². The van der Waals surface area contributed by atoms with Crippen molar-refractivity contribution in [1.29, 1.82) is 0 Å². The summed E-state index contributed by atoms with van der Waals surface area (Å²) in [6.07, 6.45) is 1.56. The van der Waals surface area contributed by atoms with Crippen LogP contribution in [0.15, 0.2) is 41.1 Å². The molecule has 1 aromatic heterocycles. The summed E-state index contributed by atoms with van der Waals surface area (Å²) in [5, 5.41) is 6.54. The Balaban J connectivity index is 2.10. The van der Waals surface area contributed by atoms with Gasteiger partial charge in [0, 0.05) is 23.1 Å². The first-order valence-corrected chi connectivity index (χ1v) is 7.06. The molecule has 2 rings (SSSR count). The Morgan fingerprint density at radius 2 is 2.00 bits per heavy atom. The van der Waals surface area contributed by atoms with Gasteiger partial charge in [-0.3, -0.25) is 0 Å². The summed E-state index contributed by atoms with van der Waals surface area (Å²) in [6, 6.07) is 10.3. The number of halogens is 1. The van der Waals surface area contributed by atoms with Gasteiger partial charge < -0.3 is 10.6 Å². The molecule has 2 aromatic rings. The van der Waals surface area contributed by atoms with Crippen molar-refractivity contribution in [2.24, 2.45) is 0 Å². The van der Waals surface area contributed by atoms with E-state index < -0.39 is 0 Å². The van der Waals surface area contributed by atoms with Crippen molar-refractivity contribution < 1.29 is 0 Å². The summed E-state index contributed by atoms with van der Waals surface area (Å²) >= 11 is 3.48. The molecule has 0 bridgehead atoms. The van der Waals surface area contributed by atoms with E-state index in [1.165, 1.54) is 5.56 Å². The van der Waals surface area contributed by atoms with Gasteiger partial charge in [-0.05, 0) is 31.5 Å². The van der Waals surface area contributed by atoms with Crippen LogP contribution in [0.1, 0.15) is 25.5 Å². The van der Waals surface area contributed by atoms with Crippen LogP contribution < -0.4 is 10.6 Å². The van der Waals surface area contributed by atoms with Gasteiger partial charge in [-0.25, -0.2) is 9.97 Å². The Morgan fingerprint density at radius 1 is 1.21 bits per heavy atom. The fourth-order valence-corrected chi connectivity index (χ4v) is 2.21. The molecule has 0 aliphatic heterocycles. The summed E-state index contributed by atoms with van der Waals surface area (Å²) in [6.45, 7) is 4.99. The minimum atomic E-state index is 0.182. The third-order valence-corrected chi connectivity index (χ3v) is 3.23. The highest BCUT2D eigenvalue weighted by atomic mass is 79.9. The second kappa shape index (κ2) is 6.52. The van der Waals surface area contributed by atoms with Crippen LogP contribution in [0, 0.1) is 0 Å². The van der Waals surface area contributed by atoms with E-state index in [2.05, 4.69) is 55.6 Å². The van der Waals surface area contributed by atoms with E-state index in [9.17, 15) is 0 Å². The molecule has 0 saturated carbocycles. The first-order valence-electron chi connectivity index (χ1n) is 6.27. The molecule has 0 aliphatic rings. The molecule has 0 saturated heterocycles. The third-order valence-electron chi connectivity index (χ3n) is 2.74. The van der Waals surface area contributed by atoms with Gasteiger partial charge in [-0.1, -0.05) is 28.1 Å². The molecule has 0 amide bonds. The number of anilines is 2. The first-order chi connectivity index (χ1) is 9.19. The number of aromatic nitrogens is 2. The first kappa shape index (κ1) is 13.8. The van der Waals surface area contributed by atoms with Crippen molar-refractivity contribution >= 4 is 27.6 Å². The lowest BCUT2D eigenvalue weighted by molar-refractivity contribution is 0.871. The topological polar surface area (TPSA) is 49.8 Å². The largest absolute Gasteiger partial charge is 0.370 e. The lowest BCUT2D eigenvalue weighted by atomic mass is 10.1. The number of benzene rings is 1. The molecule has 0 radical (unpaired) electrons. The van der Waals surface area contributed by atoms with Crippen LogP contribution in [0.25, 0.3) is 0 Å². The minimum Gasteiger partial charge on any atom is -0.370 e. The van der Waals surface area contributed by atoms with Crippen LogP contribution >= 0.6 is 15.9 Å². The van der Waals surface area contributed by atoms with Crippen molar-refractivity contribution in [1.82, 2.24) is 9.97 Å². The number of nitrogens with one attached hydrogen (secondary N) is 2. The summed E-state index contributed by atoms with van der Waals surface area (Å²) in [4.78, 5) is 8.39. The second-order valence-corrected chi connectivity index (χ2v) is 5.16. The molecule has 1 unspecified atom stereocenters. The highest BCUT2D eigenvalue weighted by molar-refractivity contribution is 9.10. The van der Waals surface area contributed by atoms with E-state index in [0.29, 0.717) is 0 Å². The zero-order valence-corrected chi connectivity index (χ0v) is 12.6. The normalized spacial score (nSPS) is 11.9. The van der Waals surface area contributed by atoms with Gasteiger partial charge in [-0.15, -0.1) is 0 Å². The van der Waals surface area contributed by atoms with Crippen LogP contribution in [0.4, 0.5) is 11.6 Å². The minimum absolute atomic E-state index is 0.182. The molecule has 100 valence electrons. The number of hydrogen-bond donors (Lipinski definition) is 2. The predicted octanol–water partition coefficient (Wildman–Crippen LogP) is 3.84. The molecular weight excluding hydrogens is 304 g/mol. The molecule has 1 aromatic carbocycles. The molecule has 0 fully saturated rings. The Labute approximate surface area is 121 Å². The summed E-state index contributed by atoms with van der Waals surface area (Å²) in [7, 11) is 0. The van der Waals surface area contributed by atoms with Gasteiger partial charge in [0.05, 0.1) is 0 Å². The van der Waals surface area contributed by atoms with Crippen LogP contribution in [0.3, 0.4) is 0 Å². The van der Waals surface area contributed by atoms with Gasteiger partial charge in [0.25, 0.3) is 0 Å². The molecule has 5 heteroatoms. The van der Waals surface area contributed by atoms with Gasteiger partial charge in [-0.2, -0.15) is 0 Å². The highest BCUT2D eigenvalue weighted by Gasteiger charge is 2.07. The molecular formula is C14H17BrN4. The summed E-state index contributed by atoms with van der Waals surface area (Å²) in [5.41, 5.74) is 1.21. The van der Waals surface area contributed by atoms with E-state index in [4.69, 9.17) is 0 Å². The summed E-state index contributed by atoms with van der Waals surface area (Å²) < 4.78 is 1.08. The maximum atomic E-state index is 4.24. The lowest BCUT2D eigenvalue weighted by Crippen LogP contribution is -2.09. The van der Waals surface area contributed by atoms with Gasteiger partial charge >= 0.3 is 0 Å². The second-order valence-electron chi connectivity index (χ2n) is 4.24. The number of hydrogen-bond acceptors (Lipinski definition) is 4. The third kappa shape index (κ3) is 3.92. The van der Waals surface area contributed by atoms with Crippen molar-refractivity contribution in [3.63, 3.8) is 0 Å². The fourth-order valence-electron chi connectivity index (χ4n) is 1.80. The Morgan fingerprint density at radius 3 is 2.74 bits per heavy atom. The molecule has 1 heterocycles. The lowest BCUT2D eigenvalue weighted by Gasteiger charge is -2.15. The molecule has 0 aliphatic carbocycles. The van der Waals surface area contributed by atoms with Crippen LogP contribution in [-0.2, 0) is 0 Å². The molecule has 19 heavy (non-hydrogen) atoms. The Kier molecular flexibility index (Phi) is 4.74. The van der Waals surface area contributed by atoms with Crippen LogP contribution in [0.2, 0.25) is 0 Å². The van der Waals surface area contributed by atoms with E-state index in [1.807, 2.05) is 25.1 Å². The maximum Gasteiger partial charge on any atom is 0.131 e. The average molecular weight is 321 g/mol. The van der Waals surface area contributed by atoms with Crippen molar-refractivity contribution in [3.8, 4) is 0 Å². The zero-order valence-electron chi connectivity index (χ0n) is 11.0. The Hall–Kier alpha value is -1.62. The molecule has 1 atom stereocenters. The zero-order chi connectivity index (χ0) is 13.7. The SMILES string of the molecule is CCNc1cc(NC(C)c2cccc(Br)c2)ncn1. The van der Waals surface area contributed by atoms with Gasteiger partial charge in [0.2, 0.25) is 0 Å². The molecule has 2 N–H and O–H groups in total. The van der Waals surface area contributed by atoms with Gasteiger partial charge in [0.1, 0.15) is 18.0 Å². The van der Waals surface area contributed by atoms with Gasteiger partial charge in [0.15, 0.2) is 0 Å². The summed E-state index contributed by atoms with van der Waals surface area (Å²) in [5.74, 6) is 1.65. The van der Waals surface area contributed by atoms with E-state index in [0.717, 1.165) is 22.7 Å². The fraction of sp³-hybridized carbons (Fsp3) is 0.286. The average Bonchev–Trinajstić information content (AvgIpc) is 2.39. The number of nitrogens with zero attached hydrogens (tertiary/aromatic N) is 2. The number of rotatable bonds is 5.